The van der Waals surface area contributed by atoms with Crippen molar-refractivity contribution in [2.75, 3.05) is 0 Å². The van der Waals surface area contributed by atoms with Crippen molar-refractivity contribution in [1.82, 2.24) is 9.97 Å². The Hall–Kier alpha value is -2.22. The third-order valence-electron chi connectivity index (χ3n) is 2.09. The van der Waals surface area contributed by atoms with Crippen molar-refractivity contribution in [2.45, 2.75) is 10.1 Å². The first kappa shape index (κ1) is 11.3. The molecule has 1 aromatic carbocycles. The minimum atomic E-state index is -3.73. The van der Waals surface area contributed by atoms with Gasteiger partial charge in [0.15, 0.2) is 0 Å². The molecule has 0 aliphatic rings. The van der Waals surface area contributed by atoms with E-state index in [1.807, 2.05) is 0 Å². The van der Waals surface area contributed by atoms with Crippen molar-refractivity contribution < 1.29 is 13.3 Å². The molecule has 1 aromatic heterocycles. The summed E-state index contributed by atoms with van der Waals surface area (Å²) in [6, 6.07) is 4.62. The van der Waals surface area contributed by atoms with Gasteiger partial charge >= 0.3 is 0 Å². The number of non-ortho nitro benzene ring substituents is 1. The summed E-state index contributed by atoms with van der Waals surface area (Å²) in [5, 5.41) is 10.2. The van der Waals surface area contributed by atoms with Gasteiger partial charge < -0.3 is 4.98 Å². The molecule has 0 unspecified atom stereocenters. The van der Waals surface area contributed by atoms with Crippen LogP contribution in [-0.4, -0.2) is 23.3 Å². The van der Waals surface area contributed by atoms with Gasteiger partial charge in [-0.05, 0) is 12.1 Å². The number of nitrogens with zero attached hydrogens (tertiary/aromatic N) is 2. The van der Waals surface area contributed by atoms with Gasteiger partial charge in [-0.1, -0.05) is 0 Å². The lowest BCUT2D eigenvalue weighted by molar-refractivity contribution is -0.384. The van der Waals surface area contributed by atoms with Gasteiger partial charge in [0, 0.05) is 24.5 Å². The molecule has 7 nitrogen and oxygen atoms in total. The second kappa shape index (κ2) is 3.98. The van der Waals surface area contributed by atoms with Crippen molar-refractivity contribution >= 4 is 15.5 Å². The number of aromatic amines is 1. The molecule has 2 rings (SSSR count). The molecule has 1 N–H and O–H groups in total. The zero-order chi connectivity index (χ0) is 12.5. The number of benzene rings is 1. The number of nitro groups is 1. The monoisotopic (exact) mass is 253 g/mol. The molecule has 0 saturated carbocycles. The number of sulfone groups is 1. The number of aromatic nitrogens is 2. The standard InChI is InChI=1S/C9H7N3O4S/c13-12(14)7-1-3-8(4-2-7)17(15,16)9-10-5-6-11-9/h1-6H,(H,10,11). The Morgan fingerprint density at radius 1 is 1.24 bits per heavy atom. The Morgan fingerprint density at radius 3 is 2.35 bits per heavy atom. The third-order valence-corrected chi connectivity index (χ3v) is 3.71. The van der Waals surface area contributed by atoms with Crippen LogP contribution in [0.1, 0.15) is 0 Å². The second-order valence-electron chi connectivity index (χ2n) is 3.15. The minimum Gasteiger partial charge on any atom is -0.335 e. The van der Waals surface area contributed by atoms with Crippen molar-refractivity contribution in [2.24, 2.45) is 0 Å². The number of imidazole rings is 1. The lowest BCUT2D eigenvalue weighted by atomic mass is 10.3. The Labute approximate surface area is 96.2 Å². The summed E-state index contributed by atoms with van der Waals surface area (Å²) >= 11 is 0. The highest BCUT2D eigenvalue weighted by Gasteiger charge is 2.20. The molecule has 0 bridgehead atoms. The molecule has 88 valence electrons. The first-order chi connectivity index (χ1) is 8.01. The van der Waals surface area contributed by atoms with Gasteiger partial charge in [0.25, 0.3) is 5.69 Å². The van der Waals surface area contributed by atoms with Crippen molar-refractivity contribution in [1.29, 1.82) is 0 Å². The van der Waals surface area contributed by atoms with E-state index in [9.17, 15) is 18.5 Å². The van der Waals surface area contributed by atoms with Gasteiger partial charge in [-0.3, -0.25) is 10.1 Å². The van der Waals surface area contributed by atoms with E-state index in [1.165, 1.54) is 24.5 Å². The van der Waals surface area contributed by atoms with Gasteiger partial charge in [0.2, 0.25) is 15.0 Å². The molecule has 2 aromatic rings. The molecule has 0 saturated heterocycles. The highest BCUT2D eigenvalue weighted by Crippen LogP contribution is 2.20. The molecule has 1 heterocycles. The fraction of sp³-hybridized carbons (Fsp3) is 0. The molecule has 0 aliphatic heterocycles. The van der Waals surface area contributed by atoms with Crippen LogP contribution in [0.5, 0.6) is 0 Å². The highest BCUT2D eigenvalue weighted by molar-refractivity contribution is 7.91. The summed E-state index contributed by atoms with van der Waals surface area (Å²) < 4.78 is 23.8. The summed E-state index contributed by atoms with van der Waals surface area (Å²) in [5.74, 6) is 0. The fourth-order valence-corrected chi connectivity index (χ4v) is 2.40. The molecule has 0 aliphatic carbocycles. The van der Waals surface area contributed by atoms with Crippen LogP contribution in [0.2, 0.25) is 0 Å². The Morgan fingerprint density at radius 2 is 1.88 bits per heavy atom. The summed E-state index contributed by atoms with van der Waals surface area (Å²) in [6.07, 6.45) is 2.70. The number of rotatable bonds is 3. The van der Waals surface area contributed by atoms with E-state index in [4.69, 9.17) is 0 Å². The molecule has 0 atom stereocenters. The van der Waals surface area contributed by atoms with Gasteiger partial charge in [-0.2, -0.15) is 0 Å². The van der Waals surface area contributed by atoms with Crippen LogP contribution in [-0.2, 0) is 9.84 Å². The normalized spacial score (nSPS) is 11.3. The maximum Gasteiger partial charge on any atom is 0.269 e. The molecule has 0 spiro atoms. The number of hydrogen-bond acceptors (Lipinski definition) is 5. The van der Waals surface area contributed by atoms with Crippen LogP contribution in [0.4, 0.5) is 5.69 Å². The average Bonchev–Trinajstić information content (AvgIpc) is 2.83. The number of H-pyrrole nitrogens is 1. The van der Waals surface area contributed by atoms with Crippen LogP contribution < -0.4 is 0 Å². The molecule has 0 fully saturated rings. The topological polar surface area (TPSA) is 106 Å². The molecule has 8 heteroatoms. The Bertz CT molecular complexity index is 631. The molecular weight excluding hydrogens is 246 g/mol. The van der Waals surface area contributed by atoms with Crippen LogP contribution in [0.25, 0.3) is 0 Å². The zero-order valence-electron chi connectivity index (χ0n) is 8.40. The number of nitro benzene ring substituents is 1. The first-order valence-electron chi connectivity index (χ1n) is 4.51. The SMILES string of the molecule is O=[N+]([O-])c1ccc(S(=O)(=O)c2ncc[nH]2)cc1. The van der Waals surface area contributed by atoms with E-state index in [0.717, 1.165) is 12.1 Å². The first-order valence-corrected chi connectivity index (χ1v) is 5.99. The number of hydrogen-bond donors (Lipinski definition) is 1. The van der Waals surface area contributed by atoms with Gasteiger partial charge in [-0.25, -0.2) is 13.4 Å². The maximum absolute atomic E-state index is 11.9. The van der Waals surface area contributed by atoms with Crippen LogP contribution in [0.3, 0.4) is 0 Å². The van der Waals surface area contributed by atoms with E-state index in [2.05, 4.69) is 9.97 Å². The van der Waals surface area contributed by atoms with E-state index >= 15 is 0 Å². The highest BCUT2D eigenvalue weighted by atomic mass is 32.2. The van der Waals surface area contributed by atoms with E-state index < -0.39 is 14.8 Å². The van der Waals surface area contributed by atoms with Gasteiger partial charge in [0.1, 0.15) is 0 Å². The van der Waals surface area contributed by atoms with Crippen LogP contribution >= 0.6 is 0 Å². The van der Waals surface area contributed by atoms with Crippen LogP contribution in [0, 0.1) is 10.1 Å². The van der Waals surface area contributed by atoms with Crippen molar-refractivity contribution in [3.63, 3.8) is 0 Å². The summed E-state index contributed by atoms with van der Waals surface area (Å²) in [4.78, 5) is 15.9. The van der Waals surface area contributed by atoms with Gasteiger partial charge in [-0.15, -0.1) is 0 Å². The largest absolute Gasteiger partial charge is 0.335 e. The minimum absolute atomic E-state index is 0.0435. The van der Waals surface area contributed by atoms with Gasteiger partial charge in [0.05, 0.1) is 9.82 Å². The molecule has 0 radical (unpaired) electrons. The molecular formula is C9H7N3O4S. The van der Waals surface area contributed by atoms with Crippen molar-refractivity contribution in [3.8, 4) is 0 Å². The fourth-order valence-electron chi connectivity index (χ4n) is 1.26. The molecule has 0 amide bonds. The van der Waals surface area contributed by atoms with Crippen molar-refractivity contribution in [3.05, 3.63) is 46.8 Å². The summed E-state index contributed by atoms with van der Waals surface area (Å²) in [7, 11) is -3.73. The third kappa shape index (κ3) is 2.02. The van der Waals surface area contributed by atoms with Crippen LogP contribution in [0.15, 0.2) is 46.7 Å². The lowest BCUT2D eigenvalue weighted by Crippen LogP contribution is -2.04. The smallest absolute Gasteiger partial charge is 0.269 e. The van der Waals surface area contributed by atoms with E-state index in [1.54, 1.807) is 0 Å². The summed E-state index contributed by atoms with van der Waals surface area (Å²) in [6.45, 7) is 0. The average molecular weight is 253 g/mol. The Balaban J connectivity index is 2.45. The predicted molar refractivity (Wildman–Crippen MR) is 57.1 cm³/mol. The number of nitrogens with one attached hydrogen (secondary N) is 1. The van der Waals surface area contributed by atoms with E-state index in [0.29, 0.717) is 0 Å². The lowest BCUT2D eigenvalue weighted by Gasteiger charge is -2.00. The Kier molecular flexibility index (Phi) is 2.64. The second-order valence-corrected chi connectivity index (χ2v) is 5.01. The molecule has 17 heavy (non-hydrogen) atoms. The van der Waals surface area contributed by atoms with E-state index in [-0.39, 0.29) is 15.7 Å². The predicted octanol–water partition coefficient (Wildman–Crippen LogP) is 1.15. The maximum atomic E-state index is 11.9. The summed E-state index contributed by atoms with van der Waals surface area (Å²) in [5.41, 5.74) is -0.164. The quantitative estimate of drug-likeness (QED) is 0.652. The zero-order valence-corrected chi connectivity index (χ0v) is 9.22.